The average molecular weight is 343 g/mol. The largest absolute Gasteiger partial charge is 0.394 e. The van der Waals surface area contributed by atoms with Crippen LogP contribution in [0.25, 0.3) is 10.2 Å². The predicted octanol–water partition coefficient (Wildman–Crippen LogP) is 1.95. The molecule has 126 valence electrons. The molecule has 1 saturated heterocycles. The van der Waals surface area contributed by atoms with E-state index in [4.69, 9.17) is 5.73 Å². The van der Waals surface area contributed by atoms with Crippen molar-refractivity contribution >= 4 is 38.9 Å². The Bertz CT molecular complexity index is 889. The van der Waals surface area contributed by atoms with Gasteiger partial charge in [-0.15, -0.1) is 11.3 Å². The van der Waals surface area contributed by atoms with E-state index in [1.165, 1.54) is 10.9 Å². The molecule has 2 N–H and O–H groups in total. The molecule has 0 aliphatic carbocycles. The van der Waals surface area contributed by atoms with Gasteiger partial charge in [0.15, 0.2) is 5.82 Å². The number of nitrogens with zero attached hydrogens (tertiary/aromatic N) is 6. The monoisotopic (exact) mass is 343 g/mol. The lowest BCUT2D eigenvalue weighted by molar-refractivity contribution is 0.621. The van der Waals surface area contributed by atoms with Crippen LogP contribution in [-0.4, -0.2) is 45.9 Å². The molecule has 4 heterocycles. The van der Waals surface area contributed by atoms with Crippen LogP contribution in [0.15, 0.2) is 11.7 Å². The minimum atomic E-state index is 0.782. The predicted molar refractivity (Wildman–Crippen MR) is 98.9 cm³/mol. The maximum atomic E-state index is 6.20. The molecule has 8 heteroatoms. The summed E-state index contributed by atoms with van der Waals surface area (Å²) < 4.78 is 1.88. The molecule has 4 rings (SSSR count). The Morgan fingerprint density at radius 2 is 1.79 bits per heavy atom. The Labute approximate surface area is 144 Å². The van der Waals surface area contributed by atoms with Crippen LogP contribution in [0.4, 0.5) is 17.3 Å². The first-order valence-electron chi connectivity index (χ1n) is 8.04. The van der Waals surface area contributed by atoms with E-state index in [2.05, 4.69) is 37.2 Å². The molecule has 3 aromatic rings. The number of aryl methyl sites for hydroxylation is 3. The van der Waals surface area contributed by atoms with Gasteiger partial charge < -0.3 is 15.5 Å². The molecule has 7 nitrogen and oxygen atoms in total. The van der Waals surface area contributed by atoms with Crippen molar-refractivity contribution in [1.29, 1.82) is 0 Å². The van der Waals surface area contributed by atoms with Crippen LogP contribution in [0.2, 0.25) is 0 Å². The van der Waals surface area contributed by atoms with E-state index in [9.17, 15) is 0 Å². The Kier molecular flexibility index (Phi) is 3.56. The normalized spacial score (nSPS) is 15.5. The molecule has 0 saturated carbocycles. The molecular weight excluding hydrogens is 322 g/mol. The number of piperazine rings is 1. The van der Waals surface area contributed by atoms with E-state index in [1.54, 1.807) is 17.7 Å². The number of anilines is 3. The van der Waals surface area contributed by atoms with E-state index in [1.807, 2.05) is 18.7 Å². The topological polar surface area (TPSA) is 76.1 Å². The molecule has 1 aliphatic rings. The molecule has 1 aliphatic heterocycles. The van der Waals surface area contributed by atoms with Crippen molar-refractivity contribution in [1.82, 2.24) is 19.7 Å². The summed E-state index contributed by atoms with van der Waals surface area (Å²) in [5.41, 5.74) is 9.12. The quantitative estimate of drug-likeness (QED) is 0.766. The van der Waals surface area contributed by atoms with Gasteiger partial charge in [-0.05, 0) is 24.8 Å². The number of fused-ring (bicyclic) bond motifs is 1. The van der Waals surface area contributed by atoms with Crippen molar-refractivity contribution in [3.05, 3.63) is 23.0 Å². The van der Waals surface area contributed by atoms with E-state index in [0.717, 1.165) is 54.0 Å². The van der Waals surface area contributed by atoms with E-state index in [-0.39, 0.29) is 0 Å². The molecule has 0 spiro atoms. The lowest BCUT2D eigenvalue weighted by atomic mass is 10.2. The van der Waals surface area contributed by atoms with Crippen molar-refractivity contribution in [2.75, 3.05) is 41.7 Å². The highest BCUT2D eigenvalue weighted by Crippen LogP contribution is 2.32. The molecule has 0 amide bonds. The summed E-state index contributed by atoms with van der Waals surface area (Å²) in [5.74, 6) is 2.07. The molecule has 0 bridgehead atoms. The van der Waals surface area contributed by atoms with Gasteiger partial charge in [0.05, 0.1) is 16.8 Å². The summed E-state index contributed by atoms with van der Waals surface area (Å²) in [6.07, 6.45) is 1.67. The smallest absolute Gasteiger partial charge is 0.150 e. The number of rotatable bonds is 2. The Hall–Kier alpha value is -2.35. The standard InChI is InChI=1S/C16H21N7S/c1-10-8-24-15-12(10)14(18-9-19-15)22-4-6-23(7-5-22)16-13(17)11(2)20-21(16)3/h8-9H,4-7,17H2,1-3H3. The van der Waals surface area contributed by atoms with Crippen molar-refractivity contribution in [3.8, 4) is 0 Å². The highest BCUT2D eigenvalue weighted by molar-refractivity contribution is 7.17. The molecular formula is C16H21N7S. The Balaban J connectivity index is 1.59. The van der Waals surface area contributed by atoms with Crippen LogP contribution >= 0.6 is 11.3 Å². The van der Waals surface area contributed by atoms with Crippen molar-refractivity contribution in [3.63, 3.8) is 0 Å². The van der Waals surface area contributed by atoms with Gasteiger partial charge in [-0.2, -0.15) is 5.10 Å². The van der Waals surface area contributed by atoms with Gasteiger partial charge in [-0.25, -0.2) is 9.97 Å². The zero-order chi connectivity index (χ0) is 16.8. The van der Waals surface area contributed by atoms with E-state index < -0.39 is 0 Å². The first-order valence-corrected chi connectivity index (χ1v) is 8.92. The number of thiophene rings is 1. The van der Waals surface area contributed by atoms with Gasteiger partial charge in [0, 0.05) is 33.2 Å². The third-order valence-electron chi connectivity index (χ3n) is 4.65. The van der Waals surface area contributed by atoms with E-state index >= 15 is 0 Å². The highest BCUT2D eigenvalue weighted by atomic mass is 32.1. The van der Waals surface area contributed by atoms with Crippen molar-refractivity contribution < 1.29 is 0 Å². The van der Waals surface area contributed by atoms with Gasteiger partial charge in [-0.3, -0.25) is 4.68 Å². The zero-order valence-electron chi connectivity index (χ0n) is 14.2. The Morgan fingerprint density at radius 3 is 2.46 bits per heavy atom. The fourth-order valence-corrected chi connectivity index (χ4v) is 4.29. The van der Waals surface area contributed by atoms with Gasteiger partial charge in [0.25, 0.3) is 0 Å². The maximum absolute atomic E-state index is 6.20. The lowest BCUT2D eigenvalue weighted by Crippen LogP contribution is -2.47. The first kappa shape index (κ1) is 15.2. The molecule has 0 aromatic carbocycles. The maximum Gasteiger partial charge on any atom is 0.150 e. The fourth-order valence-electron chi connectivity index (χ4n) is 3.41. The summed E-state index contributed by atoms with van der Waals surface area (Å²) in [6.45, 7) is 7.69. The fraction of sp³-hybridized carbons (Fsp3) is 0.438. The zero-order valence-corrected chi connectivity index (χ0v) is 15.0. The van der Waals surface area contributed by atoms with Crippen LogP contribution in [0.5, 0.6) is 0 Å². The summed E-state index contributed by atoms with van der Waals surface area (Å²) >= 11 is 1.68. The second-order valence-electron chi connectivity index (χ2n) is 6.22. The molecule has 0 radical (unpaired) electrons. The van der Waals surface area contributed by atoms with Gasteiger partial charge in [0.1, 0.15) is 17.0 Å². The second-order valence-corrected chi connectivity index (χ2v) is 7.07. The number of nitrogens with two attached hydrogens (primary N) is 1. The van der Waals surface area contributed by atoms with Gasteiger partial charge >= 0.3 is 0 Å². The van der Waals surface area contributed by atoms with Gasteiger partial charge in [0.2, 0.25) is 0 Å². The third-order valence-corrected chi connectivity index (χ3v) is 5.65. The van der Waals surface area contributed by atoms with Crippen LogP contribution in [0.3, 0.4) is 0 Å². The van der Waals surface area contributed by atoms with Crippen LogP contribution in [-0.2, 0) is 7.05 Å². The number of aromatic nitrogens is 4. The van der Waals surface area contributed by atoms with Gasteiger partial charge in [-0.1, -0.05) is 0 Å². The Morgan fingerprint density at radius 1 is 1.08 bits per heavy atom. The lowest BCUT2D eigenvalue weighted by Gasteiger charge is -2.36. The summed E-state index contributed by atoms with van der Waals surface area (Å²) in [5, 5.41) is 7.76. The van der Waals surface area contributed by atoms with Crippen molar-refractivity contribution in [2.45, 2.75) is 13.8 Å². The average Bonchev–Trinajstić information content (AvgIpc) is 3.08. The molecule has 24 heavy (non-hydrogen) atoms. The molecule has 0 atom stereocenters. The summed E-state index contributed by atoms with van der Waals surface area (Å²) in [6, 6.07) is 0. The number of nitrogen functional groups attached to an aromatic ring is 1. The van der Waals surface area contributed by atoms with E-state index in [0.29, 0.717) is 0 Å². The molecule has 0 unspecified atom stereocenters. The molecule has 1 fully saturated rings. The summed E-state index contributed by atoms with van der Waals surface area (Å²) in [7, 11) is 1.95. The second kappa shape index (κ2) is 5.62. The highest BCUT2D eigenvalue weighted by Gasteiger charge is 2.24. The minimum absolute atomic E-state index is 0.782. The molecule has 3 aromatic heterocycles. The van der Waals surface area contributed by atoms with Crippen LogP contribution in [0.1, 0.15) is 11.3 Å². The SMILES string of the molecule is Cc1nn(C)c(N2CCN(c3ncnc4scc(C)c34)CC2)c1N. The first-order chi connectivity index (χ1) is 11.6. The minimum Gasteiger partial charge on any atom is -0.394 e. The summed E-state index contributed by atoms with van der Waals surface area (Å²) in [4.78, 5) is 14.7. The van der Waals surface area contributed by atoms with Crippen LogP contribution in [0, 0.1) is 13.8 Å². The van der Waals surface area contributed by atoms with Crippen molar-refractivity contribution in [2.24, 2.45) is 7.05 Å². The third kappa shape index (κ3) is 2.29. The number of hydrogen-bond acceptors (Lipinski definition) is 7. The number of hydrogen-bond donors (Lipinski definition) is 1. The van der Waals surface area contributed by atoms with Crippen LogP contribution < -0.4 is 15.5 Å².